The van der Waals surface area contributed by atoms with Gasteiger partial charge in [0.25, 0.3) is 5.91 Å². The number of anilines is 1. The number of likely N-dealkylation sites (tertiary alicyclic amines) is 1. The molecule has 0 spiro atoms. The van der Waals surface area contributed by atoms with Crippen LogP contribution in [0.3, 0.4) is 0 Å². The van der Waals surface area contributed by atoms with E-state index < -0.39 is 0 Å². The minimum Gasteiger partial charge on any atom is -0.359 e. The van der Waals surface area contributed by atoms with Crippen molar-refractivity contribution >= 4 is 17.8 Å². The van der Waals surface area contributed by atoms with Crippen molar-refractivity contribution in [1.29, 1.82) is 0 Å². The number of hydrogen-bond donors (Lipinski definition) is 1. The van der Waals surface area contributed by atoms with Crippen LogP contribution in [0.25, 0.3) is 0 Å². The molecule has 4 rings (SSSR count). The van der Waals surface area contributed by atoms with E-state index in [9.17, 15) is 9.59 Å². The van der Waals surface area contributed by atoms with Gasteiger partial charge in [0.1, 0.15) is 0 Å². The highest BCUT2D eigenvalue weighted by Gasteiger charge is 2.41. The summed E-state index contributed by atoms with van der Waals surface area (Å²) in [6.45, 7) is 2.72. The lowest BCUT2D eigenvalue weighted by Gasteiger charge is -2.19. The molecule has 0 aliphatic carbocycles. The summed E-state index contributed by atoms with van der Waals surface area (Å²) in [6.07, 6.45) is 7.23. The maximum absolute atomic E-state index is 12.9. The molecule has 8 nitrogen and oxygen atoms in total. The first-order chi connectivity index (χ1) is 13.7. The second kappa shape index (κ2) is 7.92. The summed E-state index contributed by atoms with van der Waals surface area (Å²) in [5.41, 5.74) is 1.34. The van der Waals surface area contributed by atoms with E-state index in [0.29, 0.717) is 24.6 Å². The van der Waals surface area contributed by atoms with Gasteiger partial charge in [-0.1, -0.05) is 0 Å². The Kier molecular flexibility index (Phi) is 5.18. The Balaban J connectivity index is 1.60. The number of aromatic nitrogens is 3. The summed E-state index contributed by atoms with van der Waals surface area (Å²) < 4.78 is 0. The molecule has 2 aliphatic rings. The zero-order valence-electron chi connectivity index (χ0n) is 15.9. The first-order valence-corrected chi connectivity index (χ1v) is 9.66. The van der Waals surface area contributed by atoms with Crippen LogP contribution in [-0.2, 0) is 4.79 Å². The molecule has 0 unspecified atom stereocenters. The van der Waals surface area contributed by atoms with Crippen LogP contribution in [0.2, 0.25) is 0 Å². The minimum absolute atomic E-state index is 0.0761. The highest BCUT2D eigenvalue weighted by atomic mass is 16.2. The molecule has 2 aromatic rings. The van der Waals surface area contributed by atoms with E-state index in [4.69, 9.17) is 4.98 Å². The van der Waals surface area contributed by atoms with E-state index in [2.05, 4.69) is 20.2 Å². The average molecular weight is 380 g/mol. The van der Waals surface area contributed by atoms with Gasteiger partial charge in [0.05, 0.1) is 17.2 Å². The maximum Gasteiger partial charge on any atom is 0.255 e. The van der Waals surface area contributed by atoms with Gasteiger partial charge in [0, 0.05) is 57.7 Å². The molecule has 146 valence electrons. The lowest BCUT2D eigenvalue weighted by atomic mass is 9.92. The summed E-state index contributed by atoms with van der Waals surface area (Å²) in [5, 5.41) is 2.73. The highest BCUT2D eigenvalue weighted by molar-refractivity contribution is 5.95. The fourth-order valence-corrected chi connectivity index (χ4v) is 4.03. The average Bonchev–Trinajstić information content (AvgIpc) is 3.44. The van der Waals surface area contributed by atoms with Crippen molar-refractivity contribution in [2.24, 2.45) is 5.92 Å². The molecule has 2 atom stereocenters. The largest absolute Gasteiger partial charge is 0.359 e. The second-order valence-electron chi connectivity index (χ2n) is 7.25. The monoisotopic (exact) mass is 380 g/mol. The molecular formula is C20H24N6O2. The lowest BCUT2D eigenvalue weighted by Crippen LogP contribution is -2.33. The topological polar surface area (TPSA) is 91.3 Å². The van der Waals surface area contributed by atoms with Crippen molar-refractivity contribution in [2.75, 3.05) is 38.1 Å². The normalized spacial score (nSPS) is 21.8. The molecule has 0 radical (unpaired) electrons. The molecule has 4 heterocycles. The van der Waals surface area contributed by atoms with Crippen molar-refractivity contribution in [1.82, 2.24) is 25.2 Å². The van der Waals surface area contributed by atoms with E-state index in [-0.39, 0.29) is 23.7 Å². The van der Waals surface area contributed by atoms with Crippen molar-refractivity contribution in [3.63, 3.8) is 0 Å². The molecular weight excluding hydrogens is 356 g/mol. The Labute approximate surface area is 164 Å². The molecule has 28 heavy (non-hydrogen) atoms. The van der Waals surface area contributed by atoms with Crippen LogP contribution in [0.4, 0.5) is 5.95 Å². The van der Waals surface area contributed by atoms with E-state index in [1.54, 1.807) is 42.7 Å². The lowest BCUT2D eigenvalue weighted by molar-refractivity contribution is -0.124. The van der Waals surface area contributed by atoms with Crippen LogP contribution < -0.4 is 10.2 Å². The van der Waals surface area contributed by atoms with E-state index in [1.807, 2.05) is 6.07 Å². The van der Waals surface area contributed by atoms with Crippen LogP contribution in [0.1, 0.15) is 34.8 Å². The molecule has 2 aliphatic heterocycles. The van der Waals surface area contributed by atoms with Crippen molar-refractivity contribution in [3.8, 4) is 0 Å². The van der Waals surface area contributed by atoms with Gasteiger partial charge in [0.15, 0.2) is 0 Å². The van der Waals surface area contributed by atoms with Gasteiger partial charge in [-0.2, -0.15) is 0 Å². The quantitative estimate of drug-likeness (QED) is 0.853. The molecule has 0 bridgehead atoms. The SMILES string of the molecule is CNC(=O)[C@@H]1CN(C(=O)c2cccnc2)C[C@H]1c1ccnc(N2CCCC2)n1. The van der Waals surface area contributed by atoms with Gasteiger partial charge >= 0.3 is 0 Å². The van der Waals surface area contributed by atoms with Gasteiger partial charge in [0.2, 0.25) is 11.9 Å². The van der Waals surface area contributed by atoms with Crippen LogP contribution in [0.5, 0.6) is 0 Å². The molecule has 2 saturated heterocycles. The number of pyridine rings is 1. The van der Waals surface area contributed by atoms with Crippen molar-refractivity contribution in [3.05, 3.63) is 48.0 Å². The Morgan fingerprint density at radius 3 is 2.68 bits per heavy atom. The predicted molar refractivity (Wildman–Crippen MR) is 104 cm³/mol. The van der Waals surface area contributed by atoms with Gasteiger partial charge in [-0.15, -0.1) is 0 Å². The number of nitrogens with zero attached hydrogens (tertiary/aromatic N) is 5. The minimum atomic E-state index is -0.341. The second-order valence-corrected chi connectivity index (χ2v) is 7.25. The molecule has 0 saturated carbocycles. The summed E-state index contributed by atoms with van der Waals surface area (Å²) in [5.74, 6) is 0.0192. The molecule has 2 aromatic heterocycles. The van der Waals surface area contributed by atoms with E-state index >= 15 is 0 Å². The summed E-state index contributed by atoms with van der Waals surface area (Å²) >= 11 is 0. The van der Waals surface area contributed by atoms with Gasteiger partial charge < -0.3 is 15.1 Å². The Morgan fingerprint density at radius 1 is 1.14 bits per heavy atom. The van der Waals surface area contributed by atoms with Gasteiger partial charge in [-0.25, -0.2) is 9.97 Å². The van der Waals surface area contributed by atoms with Gasteiger partial charge in [-0.05, 0) is 31.0 Å². The molecule has 2 fully saturated rings. The molecule has 2 amide bonds. The Bertz CT molecular complexity index is 853. The number of amides is 2. The van der Waals surface area contributed by atoms with E-state index in [1.165, 1.54) is 0 Å². The van der Waals surface area contributed by atoms with E-state index in [0.717, 1.165) is 31.6 Å². The fourth-order valence-electron chi connectivity index (χ4n) is 4.03. The zero-order chi connectivity index (χ0) is 19.5. The fraction of sp³-hybridized carbons (Fsp3) is 0.450. The first-order valence-electron chi connectivity index (χ1n) is 9.66. The first kappa shape index (κ1) is 18.3. The smallest absolute Gasteiger partial charge is 0.255 e. The maximum atomic E-state index is 12.9. The Morgan fingerprint density at radius 2 is 1.96 bits per heavy atom. The third-order valence-corrected chi connectivity index (χ3v) is 5.53. The third kappa shape index (κ3) is 3.54. The number of rotatable bonds is 4. The van der Waals surface area contributed by atoms with Crippen molar-refractivity contribution in [2.45, 2.75) is 18.8 Å². The summed E-state index contributed by atoms with van der Waals surface area (Å²) in [4.78, 5) is 42.5. The van der Waals surface area contributed by atoms with Crippen LogP contribution in [-0.4, -0.2) is 64.9 Å². The number of nitrogens with one attached hydrogen (secondary N) is 1. The molecule has 8 heteroatoms. The number of hydrogen-bond acceptors (Lipinski definition) is 6. The predicted octanol–water partition coefficient (Wildman–Crippen LogP) is 1.07. The third-order valence-electron chi connectivity index (χ3n) is 5.53. The number of carbonyl (C=O) groups excluding carboxylic acids is 2. The van der Waals surface area contributed by atoms with Crippen molar-refractivity contribution < 1.29 is 9.59 Å². The van der Waals surface area contributed by atoms with Crippen LogP contribution in [0.15, 0.2) is 36.8 Å². The Hall–Kier alpha value is -3.03. The molecule has 0 aromatic carbocycles. The summed E-state index contributed by atoms with van der Waals surface area (Å²) in [7, 11) is 1.63. The van der Waals surface area contributed by atoms with Crippen LogP contribution >= 0.6 is 0 Å². The standard InChI is InChI=1S/C20H24N6O2/c1-21-18(27)16-13-26(19(28)14-5-4-7-22-11-14)12-15(16)17-6-8-23-20(24-17)25-9-2-3-10-25/h4-8,11,15-16H,2-3,9-10,12-13H2,1H3,(H,21,27)/t15-,16-/m1/s1. The zero-order valence-corrected chi connectivity index (χ0v) is 15.9. The number of carbonyl (C=O) groups is 2. The molecule has 1 N–H and O–H groups in total. The highest BCUT2D eigenvalue weighted by Crippen LogP contribution is 2.33. The van der Waals surface area contributed by atoms with Crippen LogP contribution in [0, 0.1) is 5.92 Å². The van der Waals surface area contributed by atoms with Gasteiger partial charge in [-0.3, -0.25) is 14.6 Å². The summed E-state index contributed by atoms with van der Waals surface area (Å²) in [6, 6.07) is 5.34.